The normalized spacial score (nSPS) is 22.6. The van der Waals surface area contributed by atoms with Crippen molar-refractivity contribution in [1.82, 2.24) is 19.4 Å². The van der Waals surface area contributed by atoms with Crippen LogP contribution in [0.3, 0.4) is 0 Å². The third-order valence-corrected chi connectivity index (χ3v) is 15.4. The van der Waals surface area contributed by atoms with E-state index in [0.29, 0.717) is 58.9 Å². The summed E-state index contributed by atoms with van der Waals surface area (Å²) in [5, 5.41) is 0.939. The Balaban J connectivity index is 0.726. The Kier molecular flexibility index (Phi) is 10.8. The van der Waals surface area contributed by atoms with Crippen molar-refractivity contribution in [3.63, 3.8) is 0 Å². The number of piperidine rings is 4. The van der Waals surface area contributed by atoms with Gasteiger partial charge in [0.2, 0.25) is 11.8 Å². The van der Waals surface area contributed by atoms with E-state index in [1.165, 1.54) is 17.5 Å². The smallest absolute Gasteiger partial charge is 0.282 e. The monoisotopic (exact) mass is 854 g/mol. The van der Waals surface area contributed by atoms with Crippen LogP contribution in [-0.2, 0) is 15.0 Å². The van der Waals surface area contributed by atoms with Crippen molar-refractivity contribution < 1.29 is 22.8 Å². The molecule has 6 heterocycles. The zero-order chi connectivity index (χ0) is 42.0. The van der Waals surface area contributed by atoms with Crippen LogP contribution in [0.25, 0.3) is 16.6 Å². The van der Waals surface area contributed by atoms with Crippen LogP contribution in [0.15, 0.2) is 53.3 Å². The van der Waals surface area contributed by atoms with Crippen LogP contribution < -0.4 is 15.4 Å². The van der Waals surface area contributed by atoms with Gasteiger partial charge in [-0.05, 0) is 124 Å². The highest BCUT2D eigenvalue weighted by molar-refractivity contribution is 6.35. The van der Waals surface area contributed by atoms with E-state index < -0.39 is 34.8 Å². The van der Waals surface area contributed by atoms with Crippen LogP contribution in [0.2, 0.25) is 5.02 Å². The summed E-state index contributed by atoms with van der Waals surface area (Å²) in [7, 11) is 0. The molecule has 0 atom stereocenters. The Hall–Kier alpha value is -4.26. The second-order valence-electron chi connectivity index (χ2n) is 18.8. The first-order chi connectivity index (χ1) is 29.5. The summed E-state index contributed by atoms with van der Waals surface area (Å²) in [6.45, 7) is 5.89. The Morgan fingerprint density at radius 2 is 1.43 bits per heavy atom. The van der Waals surface area contributed by atoms with Crippen molar-refractivity contribution in [1.29, 1.82) is 0 Å². The van der Waals surface area contributed by atoms with Crippen molar-refractivity contribution >= 4 is 45.7 Å². The number of alkyl halides is 1. The molecule has 3 aromatic carbocycles. The third-order valence-electron chi connectivity index (χ3n) is 15.1. The highest BCUT2D eigenvalue weighted by Gasteiger charge is 2.47. The molecule has 0 unspecified atom stereocenters. The summed E-state index contributed by atoms with van der Waals surface area (Å²) in [5.41, 5.74) is 2.49. The third kappa shape index (κ3) is 7.38. The van der Waals surface area contributed by atoms with E-state index >= 15 is 13.2 Å². The quantitative estimate of drug-likeness (QED) is 0.172. The first kappa shape index (κ1) is 40.8. The molecule has 1 aliphatic carbocycles. The number of rotatable bonds is 7. The van der Waals surface area contributed by atoms with Gasteiger partial charge in [-0.1, -0.05) is 49.1 Å². The molecular weight excluding hydrogens is 801 g/mol. The van der Waals surface area contributed by atoms with E-state index in [9.17, 15) is 14.4 Å². The fraction of sp³-hybridized carbons (Fsp3) is 0.542. The van der Waals surface area contributed by atoms with Crippen molar-refractivity contribution in [3.8, 4) is 5.69 Å². The lowest BCUT2D eigenvalue weighted by Crippen LogP contribution is -2.50. The maximum absolute atomic E-state index is 16.3. The van der Waals surface area contributed by atoms with Crippen molar-refractivity contribution in [2.45, 2.75) is 107 Å². The molecule has 1 spiro atoms. The first-order valence-corrected chi connectivity index (χ1v) is 23.0. The number of fused-ring (bicyclic) bond motifs is 7. The number of likely N-dealkylation sites (tertiary alicyclic amines) is 2. The summed E-state index contributed by atoms with van der Waals surface area (Å²) in [6, 6.07) is 15.1. The molecule has 0 bridgehead atoms. The Bertz CT molecular complexity index is 2390. The second-order valence-corrected chi connectivity index (χ2v) is 19.2. The average molecular weight is 855 g/mol. The number of aromatic nitrogens is 2. The van der Waals surface area contributed by atoms with Gasteiger partial charge in [0.05, 0.1) is 27.0 Å². The van der Waals surface area contributed by atoms with Gasteiger partial charge in [0.1, 0.15) is 17.2 Å². The summed E-state index contributed by atoms with van der Waals surface area (Å²) in [6.07, 6.45) is 10.8. The highest BCUT2D eigenvalue weighted by Crippen LogP contribution is 2.52. The van der Waals surface area contributed by atoms with E-state index in [-0.39, 0.29) is 36.7 Å². The molecule has 10 rings (SSSR count). The van der Waals surface area contributed by atoms with E-state index in [0.717, 1.165) is 113 Å². The number of anilines is 2. The summed E-state index contributed by atoms with van der Waals surface area (Å²) in [4.78, 5) is 50.1. The molecule has 6 aliphatic rings. The van der Waals surface area contributed by atoms with Gasteiger partial charge >= 0.3 is 0 Å². The summed E-state index contributed by atoms with van der Waals surface area (Å²) < 4.78 is 48.9. The molecule has 4 saturated heterocycles. The van der Waals surface area contributed by atoms with Crippen LogP contribution in [0.5, 0.6) is 0 Å². The zero-order valence-electron chi connectivity index (χ0n) is 34.7. The number of carbonyl (C=O) groups excluding carboxylic acids is 2. The molecule has 4 aromatic rings. The van der Waals surface area contributed by atoms with Crippen LogP contribution in [0, 0.1) is 17.6 Å². The van der Waals surface area contributed by atoms with Gasteiger partial charge in [0.25, 0.3) is 5.56 Å². The topological polar surface area (TPSA) is 82.0 Å². The fourth-order valence-corrected chi connectivity index (χ4v) is 12.0. The molecular formula is C48H54ClF3N6O3. The molecule has 5 fully saturated rings. The SMILES string of the molecule is O=C1CCCC(=O)N1c1c(F)cc(N2CCC(F)(CN3CCC(CN4CCC(c5ccc6c(c5)-n5c(nc(=O)c7c(Cl)cccc75)C65CCCCC5)CC4)CC3)CC2)cc1F. The lowest BCUT2D eigenvalue weighted by atomic mass is 9.69. The standard InChI is InChI=1S/C48H54ClF3N6O3/c49-36-6-4-7-39-43(36)45(61)53-46-48(16-2-1-3-17-48)35-11-10-33(26-40(35)57(39)46)32-14-22-54(23-15-32)29-31-12-20-55(21-13-31)30-47(52)18-24-56(25-19-47)34-27-37(50)44(38(51)28-34)58-41(59)8-5-9-42(58)60/h4,6-7,10-11,26-28,31-32H,1-3,5,8-9,12-25,29-30H2. The van der Waals surface area contributed by atoms with Crippen molar-refractivity contribution in [2.24, 2.45) is 5.92 Å². The van der Waals surface area contributed by atoms with Crippen LogP contribution in [0.4, 0.5) is 24.5 Å². The molecule has 2 amide bonds. The molecule has 0 N–H and O–H groups in total. The van der Waals surface area contributed by atoms with Crippen LogP contribution >= 0.6 is 11.6 Å². The minimum absolute atomic E-state index is 0.0720. The van der Waals surface area contributed by atoms with Crippen molar-refractivity contribution in [2.75, 3.05) is 62.2 Å². The highest BCUT2D eigenvalue weighted by atomic mass is 35.5. The lowest BCUT2D eigenvalue weighted by Gasteiger charge is -2.42. The average Bonchev–Trinajstić information content (AvgIpc) is 3.50. The Morgan fingerprint density at radius 1 is 0.754 bits per heavy atom. The second kappa shape index (κ2) is 16.1. The number of hydrogen-bond donors (Lipinski definition) is 0. The number of halogens is 4. The number of imide groups is 1. The summed E-state index contributed by atoms with van der Waals surface area (Å²) in [5.74, 6) is -1.20. The minimum atomic E-state index is -1.38. The lowest BCUT2D eigenvalue weighted by molar-refractivity contribution is -0.129. The molecule has 13 heteroatoms. The van der Waals surface area contributed by atoms with Gasteiger partial charge in [-0.2, -0.15) is 4.98 Å². The Morgan fingerprint density at radius 3 is 2.11 bits per heavy atom. The Labute approximate surface area is 359 Å². The number of carbonyl (C=O) groups is 2. The predicted octanol–water partition coefficient (Wildman–Crippen LogP) is 8.82. The van der Waals surface area contributed by atoms with Gasteiger partial charge in [-0.15, -0.1) is 0 Å². The molecule has 9 nitrogen and oxygen atoms in total. The van der Waals surface area contributed by atoms with Crippen LogP contribution in [0.1, 0.15) is 113 Å². The number of nitrogens with zero attached hydrogens (tertiary/aromatic N) is 6. The largest absolute Gasteiger partial charge is 0.371 e. The molecule has 322 valence electrons. The number of hydrogen-bond acceptors (Lipinski definition) is 7. The minimum Gasteiger partial charge on any atom is -0.371 e. The van der Waals surface area contributed by atoms with E-state index in [1.807, 2.05) is 12.1 Å². The van der Waals surface area contributed by atoms with E-state index in [1.54, 1.807) is 11.0 Å². The van der Waals surface area contributed by atoms with Gasteiger partial charge in [-0.25, -0.2) is 18.1 Å². The fourth-order valence-electron chi connectivity index (χ4n) is 11.8. The van der Waals surface area contributed by atoms with Gasteiger partial charge < -0.3 is 14.7 Å². The van der Waals surface area contributed by atoms with Gasteiger partial charge in [0, 0.05) is 57.5 Å². The molecule has 61 heavy (non-hydrogen) atoms. The maximum atomic E-state index is 16.3. The number of benzene rings is 3. The summed E-state index contributed by atoms with van der Waals surface area (Å²) >= 11 is 6.60. The predicted molar refractivity (Wildman–Crippen MR) is 232 cm³/mol. The first-order valence-electron chi connectivity index (χ1n) is 22.6. The zero-order valence-corrected chi connectivity index (χ0v) is 35.5. The number of amides is 2. The molecule has 1 aromatic heterocycles. The molecule has 0 radical (unpaired) electrons. The van der Waals surface area contributed by atoms with E-state index in [4.69, 9.17) is 16.6 Å². The van der Waals surface area contributed by atoms with Crippen LogP contribution in [-0.4, -0.2) is 89.2 Å². The maximum Gasteiger partial charge on any atom is 0.282 e. The molecule has 1 saturated carbocycles. The van der Waals surface area contributed by atoms with Gasteiger partial charge in [0.15, 0.2) is 11.6 Å². The van der Waals surface area contributed by atoms with Gasteiger partial charge in [-0.3, -0.25) is 19.0 Å². The molecule has 5 aliphatic heterocycles. The van der Waals surface area contributed by atoms with E-state index in [2.05, 4.69) is 32.6 Å². The van der Waals surface area contributed by atoms with Crippen molar-refractivity contribution in [3.05, 3.63) is 92.5 Å².